The van der Waals surface area contributed by atoms with Crippen LogP contribution in [-0.4, -0.2) is 42.5 Å². The van der Waals surface area contributed by atoms with Crippen molar-refractivity contribution in [2.75, 3.05) is 32.7 Å². The molecule has 0 radical (unpaired) electrons. The highest BCUT2D eigenvalue weighted by Crippen LogP contribution is 2.12. The molecule has 2 nitrogen and oxygen atoms in total. The zero-order valence-corrected chi connectivity index (χ0v) is 12.9. The maximum absolute atomic E-state index is 13.7. The molecule has 2 aromatic carbocycles. The highest BCUT2D eigenvalue weighted by molar-refractivity contribution is 5.17. The Morgan fingerprint density at radius 1 is 0.773 bits per heavy atom. The van der Waals surface area contributed by atoms with E-state index in [9.17, 15) is 4.39 Å². The molecule has 0 amide bonds. The lowest BCUT2D eigenvalue weighted by Crippen LogP contribution is -2.46. The molecule has 1 fully saturated rings. The summed E-state index contributed by atoms with van der Waals surface area (Å²) in [7, 11) is 0. The molecule has 0 saturated carbocycles. The van der Waals surface area contributed by atoms with Crippen molar-refractivity contribution in [2.24, 2.45) is 0 Å². The number of rotatable bonds is 5. The first-order valence-corrected chi connectivity index (χ1v) is 8.03. The lowest BCUT2D eigenvalue weighted by molar-refractivity contribution is 0.127. The van der Waals surface area contributed by atoms with Crippen LogP contribution in [-0.2, 0) is 13.0 Å². The van der Waals surface area contributed by atoms with Crippen LogP contribution in [0.2, 0.25) is 0 Å². The summed E-state index contributed by atoms with van der Waals surface area (Å²) in [6.45, 7) is 6.01. The maximum Gasteiger partial charge on any atom is 0.127 e. The number of halogens is 1. The largest absolute Gasteiger partial charge is 0.300 e. The third-order valence-corrected chi connectivity index (χ3v) is 4.38. The first-order valence-electron chi connectivity index (χ1n) is 8.03. The Kier molecular flexibility index (Phi) is 5.20. The molecule has 1 saturated heterocycles. The fraction of sp³-hybridized carbons (Fsp3) is 0.368. The zero-order valence-electron chi connectivity index (χ0n) is 12.9. The number of hydrogen-bond acceptors (Lipinski definition) is 2. The number of hydrogen-bond donors (Lipinski definition) is 0. The topological polar surface area (TPSA) is 6.48 Å². The van der Waals surface area contributed by atoms with Crippen molar-refractivity contribution in [1.82, 2.24) is 9.80 Å². The zero-order chi connectivity index (χ0) is 15.2. The van der Waals surface area contributed by atoms with E-state index in [4.69, 9.17) is 0 Å². The van der Waals surface area contributed by atoms with Gasteiger partial charge in [-0.1, -0.05) is 48.5 Å². The first-order chi connectivity index (χ1) is 10.8. The van der Waals surface area contributed by atoms with Crippen LogP contribution < -0.4 is 0 Å². The molecule has 0 N–H and O–H groups in total. The minimum Gasteiger partial charge on any atom is -0.300 e. The molecule has 2 aromatic rings. The van der Waals surface area contributed by atoms with E-state index < -0.39 is 0 Å². The lowest BCUT2D eigenvalue weighted by atomic mass is 10.1. The standard InChI is InChI=1S/C19H23FN2/c20-19-9-5-4-8-18(19)16-22-14-12-21(13-15-22)11-10-17-6-2-1-3-7-17/h1-9H,10-16H2. The van der Waals surface area contributed by atoms with Crippen molar-refractivity contribution in [3.8, 4) is 0 Å². The van der Waals surface area contributed by atoms with Crippen LogP contribution >= 0.6 is 0 Å². The van der Waals surface area contributed by atoms with Gasteiger partial charge < -0.3 is 4.90 Å². The Hall–Kier alpha value is -1.71. The molecule has 0 spiro atoms. The molecule has 0 aliphatic carbocycles. The SMILES string of the molecule is Fc1ccccc1CN1CCN(CCc2ccccc2)CC1. The van der Waals surface area contributed by atoms with Crippen LogP contribution in [0, 0.1) is 5.82 Å². The normalized spacial score (nSPS) is 16.8. The molecule has 3 rings (SSSR count). The Bertz CT molecular complexity index is 577. The van der Waals surface area contributed by atoms with Crippen LogP contribution in [0.3, 0.4) is 0 Å². The van der Waals surface area contributed by atoms with E-state index in [1.54, 1.807) is 12.1 Å². The fourth-order valence-electron chi connectivity index (χ4n) is 2.97. The average molecular weight is 298 g/mol. The molecule has 3 heteroatoms. The summed E-state index contributed by atoms with van der Waals surface area (Å²) in [6.07, 6.45) is 1.11. The van der Waals surface area contributed by atoms with Crippen LogP contribution in [0.4, 0.5) is 4.39 Å². The van der Waals surface area contributed by atoms with E-state index in [2.05, 4.69) is 40.1 Å². The highest BCUT2D eigenvalue weighted by atomic mass is 19.1. The third-order valence-electron chi connectivity index (χ3n) is 4.38. The first kappa shape index (κ1) is 15.2. The summed E-state index contributed by atoms with van der Waals surface area (Å²) < 4.78 is 13.7. The van der Waals surface area contributed by atoms with Gasteiger partial charge in [0.2, 0.25) is 0 Å². The van der Waals surface area contributed by atoms with Gasteiger partial charge in [-0.3, -0.25) is 4.90 Å². The summed E-state index contributed by atoms with van der Waals surface area (Å²) in [4.78, 5) is 4.85. The molecule has 1 heterocycles. The van der Waals surface area contributed by atoms with Crippen molar-refractivity contribution >= 4 is 0 Å². The maximum atomic E-state index is 13.7. The number of piperazine rings is 1. The average Bonchev–Trinajstić information content (AvgIpc) is 2.57. The molecule has 1 aliphatic rings. The summed E-state index contributed by atoms with van der Waals surface area (Å²) in [6, 6.07) is 17.7. The second-order valence-corrected chi connectivity index (χ2v) is 5.94. The third kappa shape index (κ3) is 4.15. The predicted molar refractivity (Wildman–Crippen MR) is 88.3 cm³/mol. The second-order valence-electron chi connectivity index (χ2n) is 5.94. The van der Waals surface area contributed by atoms with Crippen molar-refractivity contribution in [3.63, 3.8) is 0 Å². The van der Waals surface area contributed by atoms with Crippen molar-refractivity contribution < 1.29 is 4.39 Å². The molecular weight excluding hydrogens is 275 g/mol. The van der Waals surface area contributed by atoms with Gasteiger partial charge in [0.05, 0.1) is 0 Å². The van der Waals surface area contributed by atoms with Gasteiger partial charge in [-0.2, -0.15) is 0 Å². The van der Waals surface area contributed by atoms with Crippen LogP contribution in [0.15, 0.2) is 54.6 Å². The van der Waals surface area contributed by atoms with Crippen molar-refractivity contribution in [3.05, 3.63) is 71.5 Å². The predicted octanol–water partition coefficient (Wildman–Crippen LogP) is 3.19. The van der Waals surface area contributed by atoms with E-state index in [1.165, 1.54) is 5.56 Å². The van der Waals surface area contributed by atoms with E-state index >= 15 is 0 Å². The molecule has 116 valence electrons. The molecule has 22 heavy (non-hydrogen) atoms. The summed E-state index contributed by atoms with van der Waals surface area (Å²) in [5.74, 6) is -0.0889. The minimum atomic E-state index is -0.0889. The van der Waals surface area contributed by atoms with Crippen molar-refractivity contribution in [1.29, 1.82) is 0 Å². The van der Waals surface area contributed by atoms with Gasteiger partial charge in [0, 0.05) is 44.8 Å². The van der Waals surface area contributed by atoms with E-state index in [0.717, 1.165) is 51.3 Å². The quantitative estimate of drug-likeness (QED) is 0.836. The second kappa shape index (κ2) is 7.52. The monoisotopic (exact) mass is 298 g/mol. The molecular formula is C19H23FN2. The minimum absolute atomic E-state index is 0.0889. The van der Waals surface area contributed by atoms with Crippen LogP contribution in [0.25, 0.3) is 0 Å². The smallest absolute Gasteiger partial charge is 0.127 e. The molecule has 1 aliphatic heterocycles. The number of benzene rings is 2. The van der Waals surface area contributed by atoms with Crippen molar-refractivity contribution in [2.45, 2.75) is 13.0 Å². The Morgan fingerprint density at radius 2 is 1.41 bits per heavy atom. The molecule has 0 atom stereocenters. The van der Waals surface area contributed by atoms with Gasteiger partial charge >= 0.3 is 0 Å². The van der Waals surface area contributed by atoms with Gasteiger partial charge in [0.15, 0.2) is 0 Å². The van der Waals surface area contributed by atoms with Gasteiger partial charge in [0.25, 0.3) is 0 Å². The lowest BCUT2D eigenvalue weighted by Gasteiger charge is -2.34. The molecule has 0 aromatic heterocycles. The fourth-order valence-corrected chi connectivity index (χ4v) is 2.97. The van der Waals surface area contributed by atoms with E-state index in [1.807, 2.05) is 12.1 Å². The molecule has 0 unspecified atom stereocenters. The van der Waals surface area contributed by atoms with Gasteiger partial charge in [0.1, 0.15) is 5.82 Å². The van der Waals surface area contributed by atoms with Gasteiger partial charge in [-0.05, 0) is 18.1 Å². The Balaban J connectivity index is 1.44. The summed E-state index contributed by atoms with van der Waals surface area (Å²) in [5.41, 5.74) is 2.21. The Labute approximate surface area is 132 Å². The van der Waals surface area contributed by atoms with E-state index in [0.29, 0.717) is 0 Å². The number of nitrogens with zero attached hydrogens (tertiary/aromatic N) is 2. The molecule has 0 bridgehead atoms. The summed E-state index contributed by atoms with van der Waals surface area (Å²) in [5, 5.41) is 0. The van der Waals surface area contributed by atoms with Gasteiger partial charge in [-0.15, -0.1) is 0 Å². The van der Waals surface area contributed by atoms with Gasteiger partial charge in [-0.25, -0.2) is 4.39 Å². The van der Waals surface area contributed by atoms with Crippen LogP contribution in [0.1, 0.15) is 11.1 Å². The van der Waals surface area contributed by atoms with Crippen LogP contribution in [0.5, 0.6) is 0 Å². The summed E-state index contributed by atoms with van der Waals surface area (Å²) >= 11 is 0. The van der Waals surface area contributed by atoms with E-state index in [-0.39, 0.29) is 5.82 Å². The highest BCUT2D eigenvalue weighted by Gasteiger charge is 2.17. The Morgan fingerprint density at radius 3 is 2.14 bits per heavy atom.